The van der Waals surface area contributed by atoms with Crippen molar-refractivity contribution in [2.75, 3.05) is 19.0 Å². The van der Waals surface area contributed by atoms with Gasteiger partial charge in [0.15, 0.2) is 0 Å². The SMILES string of the molecule is COc1ccc(CCNC(=O)C2CC2C(=O)Nc2ccccc2OC(C)C)cc1. The second kappa shape index (κ2) is 9.45. The predicted octanol–water partition coefficient (Wildman–Crippen LogP) is 3.42. The molecule has 1 aliphatic rings. The van der Waals surface area contributed by atoms with Crippen molar-refractivity contribution in [3.8, 4) is 11.5 Å². The first-order valence-electron chi connectivity index (χ1n) is 9.95. The standard InChI is InChI=1S/C23H28N2O4/c1-15(2)29-21-7-5-4-6-20(21)25-23(27)19-14-18(19)22(26)24-13-12-16-8-10-17(28-3)11-9-16/h4-11,15,18-19H,12-14H2,1-3H3,(H,24,26)(H,25,27). The first-order valence-corrected chi connectivity index (χ1v) is 9.95. The third-order valence-corrected chi connectivity index (χ3v) is 4.84. The summed E-state index contributed by atoms with van der Waals surface area (Å²) < 4.78 is 10.9. The van der Waals surface area contributed by atoms with Gasteiger partial charge in [-0.05, 0) is 56.5 Å². The summed E-state index contributed by atoms with van der Waals surface area (Å²) in [4.78, 5) is 24.9. The molecule has 1 saturated carbocycles. The number of hydrogen-bond donors (Lipinski definition) is 2. The molecule has 154 valence electrons. The molecule has 2 unspecified atom stereocenters. The molecular formula is C23H28N2O4. The number of amides is 2. The van der Waals surface area contributed by atoms with E-state index in [2.05, 4.69) is 10.6 Å². The summed E-state index contributed by atoms with van der Waals surface area (Å²) in [7, 11) is 1.63. The maximum Gasteiger partial charge on any atom is 0.228 e. The Labute approximate surface area is 171 Å². The summed E-state index contributed by atoms with van der Waals surface area (Å²) in [6.45, 7) is 4.42. The van der Waals surface area contributed by atoms with E-state index in [-0.39, 0.29) is 29.8 Å². The van der Waals surface area contributed by atoms with Crippen LogP contribution in [0.4, 0.5) is 5.69 Å². The van der Waals surface area contributed by atoms with Gasteiger partial charge < -0.3 is 20.1 Å². The molecule has 2 atom stereocenters. The molecule has 2 aromatic rings. The van der Waals surface area contributed by atoms with Crippen LogP contribution in [-0.2, 0) is 16.0 Å². The fourth-order valence-electron chi connectivity index (χ4n) is 3.18. The van der Waals surface area contributed by atoms with Gasteiger partial charge in [-0.1, -0.05) is 24.3 Å². The Kier molecular flexibility index (Phi) is 6.75. The Morgan fingerprint density at radius 1 is 1.03 bits per heavy atom. The highest BCUT2D eigenvalue weighted by molar-refractivity contribution is 6.00. The van der Waals surface area contributed by atoms with Gasteiger partial charge in [-0.3, -0.25) is 9.59 Å². The molecule has 1 fully saturated rings. The van der Waals surface area contributed by atoms with Gasteiger partial charge in [-0.2, -0.15) is 0 Å². The average Bonchev–Trinajstić information content (AvgIpc) is 3.51. The van der Waals surface area contributed by atoms with E-state index in [1.807, 2.05) is 62.4 Å². The molecule has 0 spiro atoms. The molecular weight excluding hydrogens is 368 g/mol. The molecule has 6 heteroatoms. The average molecular weight is 396 g/mol. The number of hydrogen-bond acceptors (Lipinski definition) is 4. The van der Waals surface area contributed by atoms with E-state index in [0.29, 0.717) is 24.4 Å². The van der Waals surface area contributed by atoms with E-state index >= 15 is 0 Å². The molecule has 2 aromatic carbocycles. The highest BCUT2D eigenvalue weighted by Crippen LogP contribution is 2.40. The van der Waals surface area contributed by atoms with Gasteiger partial charge in [-0.15, -0.1) is 0 Å². The first kappa shape index (κ1) is 20.7. The lowest BCUT2D eigenvalue weighted by Crippen LogP contribution is -2.29. The number of methoxy groups -OCH3 is 1. The number of nitrogens with one attached hydrogen (secondary N) is 2. The number of para-hydroxylation sites is 2. The third-order valence-electron chi connectivity index (χ3n) is 4.84. The zero-order valence-electron chi connectivity index (χ0n) is 17.1. The number of anilines is 1. The van der Waals surface area contributed by atoms with Crippen molar-refractivity contribution >= 4 is 17.5 Å². The van der Waals surface area contributed by atoms with Crippen molar-refractivity contribution in [3.05, 3.63) is 54.1 Å². The van der Waals surface area contributed by atoms with Crippen LogP contribution < -0.4 is 20.1 Å². The van der Waals surface area contributed by atoms with Gasteiger partial charge >= 0.3 is 0 Å². The number of carbonyl (C=O) groups is 2. The minimum Gasteiger partial charge on any atom is -0.497 e. The highest BCUT2D eigenvalue weighted by Gasteiger charge is 2.48. The lowest BCUT2D eigenvalue weighted by atomic mass is 10.1. The Morgan fingerprint density at radius 2 is 1.72 bits per heavy atom. The largest absolute Gasteiger partial charge is 0.497 e. The van der Waals surface area contributed by atoms with Crippen LogP contribution in [0.5, 0.6) is 11.5 Å². The van der Waals surface area contributed by atoms with Crippen molar-refractivity contribution in [3.63, 3.8) is 0 Å². The van der Waals surface area contributed by atoms with Gasteiger partial charge in [0.2, 0.25) is 11.8 Å². The van der Waals surface area contributed by atoms with Gasteiger partial charge in [0.1, 0.15) is 11.5 Å². The summed E-state index contributed by atoms with van der Waals surface area (Å²) >= 11 is 0. The van der Waals surface area contributed by atoms with Crippen LogP contribution in [0.1, 0.15) is 25.8 Å². The van der Waals surface area contributed by atoms with Crippen LogP contribution in [0.15, 0.2) is 48.5 Å². The maximum atomic E-state index is 12.5. The zero-order valence-corrected chi connectivity index (χ0v) is 17.1. The minimum atomic E-state index is -0.289. The molecule has 0 radical (unpaired) electrons. The monoisotopic (exact) mass is 396 g/mol. The van der Waals surface area contributed by atoms with Crippen molar-refractivity contribution in [2.24, 2.45) is 11.8 Å². The van der Waals surface area contributed by atoms with Crippen LogP contribution in [-0.4, -0.2) is 31.6 Å². The van der Waals surface area contributed by atoms with E-state index in [9.17, 15) is 9.59 Å². The van der Waals surface area contributed by atoms with Crippen LogP contribution in [0.25, 0.3) is 0 Å². The summed E-state index contributed by atoms with van der Waals surface area (Å²) in [6.07, 6.45) is 1.32. The number of ether oxygens (including phenoxy) is 2. The van der Waals surface area contributed by atoms with Gasteiger partial charge in [-0.25, -0.2) is 0 Å². The molecule has 0 saturated heterocycles. The summed E-state index contributed by atoms with van der Waals surface area (Å²) in [5.74, 6) is 0.694. The van der Waals surface area contributed by atoms with Crippen molar-refractivity contribution in [2.45, 2.75) is 32.8 Å². The summed E-state index contributed by atoms with van der Waals surface area (Å²) in [5.41, 5.74) is 1.76. The smallest absolute Gasteiger partial charge is 0.228 e. The van der Waals surface area contributed by atoms with Crippen LogP contribution in [0.3, 0.4) is 0 Å². The van der Waals surface area contributed by atoms with Gasteiger partial charge in [0, 0.05) is 6.54 Å². The second-order valence-corrected chi connectivity index (χ2v) is 7.49. The molecule has 0 bridgehead atoms. The molecule has 1 aliphatic carbocycles. The fraction of sp³-hybridized carbons (Fsp3) is 0.391. The Bertz CT molecular complexity index is 848. The lowest BCUT2D eigenvalue weighted by molar-refractivity contribution is -0.125. The third kappa shape index (κ3) is 5.73. The Morgan fingerprint density at radius 3 is 2.41 bits per heavy atom. The number of benzene rings is 2. The molecule has 2 amide bonds. The van der Waals surface area contributed by atoms with Crippen molar-refractivity contribution < 1.29 is 19.1 Å². The van der Waals surface area contributed by atoms with E-state index < -0.39 is 0 Å². The number of carbonyl (C=O) groups excluding carboxylic acids is 2. The molecule has 2 N–H and O–H groups in total. The molecule has 3 rings (SSSR count). The van der Waals surface area contributed by atoms with Crippen molar-refractivity contribution in [1.82, 2.24) is 5.32 Å². The molecule has 29 heavy (non-hydrogen) atoms. The van der Waals surface area contributed by atoms with Crippen LogP contribution >= 0.6 is 0 Å². The van der Waals surface area contributed by atoms with Gasteiger partial charge in [0.05, 0.1) is 30.7 Å². The minimum absolute atomic E-state index is 0.0122. The molecule has 0 aliphatic heterocycles. The van der Waals surface area contributed by atoms with Crippen LogP contribution in [0.2, 0.25) is 0 Å². The van der Waals surface area contributed by atoms with E-state index in [1.54, 1.807) is 7.11 Å². The lowest BCUT2D eigenvalue weighted by Gasteiger charge is -2.14. The topological polar surface area (TPSA) is 76.7 Å². The molecule has 0 heterocycles. The predicted molar refractivity (Wildman–Crippen MR) is 112 cm³/mol. The summed E-state index contributed by atoms with van der Waals surface area (Å²) in [6, 6.07) is 15.1. The summed E-state index contributed by atoms with van der Waals surface area (Å²) in [5, 5.41) is 5.83. The second-order valence-electron chi connectivity index (χ2n) is 7.49. The van der Waals surface area contributed by atoms with E-state index in [1.165, 1.54) is 0 Å². The quantitative estimate of drug-likeness (QED) is 0.681. The molecule has 6 nitrogen and oxygen atoms in total. The Balaban J connectivity index is 1.45. The van der Waals surface area contributed by atoms with E-state index in [4.69, 9.17) is 9.47 Å². The zero-order chi connectivity index (χ0) is 20.8. The van der Waals surface area contributed by atoms with Crippen molar-refractivity contribution in [1.29, 1.82) is 0 Å². The number of rotatable bonds is 9. The Hall–Kier alpha value is -3.02. The maximum absolute atomic E-state index is 12.5. The highest BCUT2D eigenvalue weighted by atomic mass is 16.5. The fourth-order valence-corrected chi connectivity index (χ4v) is 3.18. The first-order chi connectivity index (χ1) is 14.0. The molecule has 0 aromatic heterocycles. The normalized spacial score (nSPS) is 17.5. The van der Waals surface area contributed by atoms with Crippen LogP contribution in [0, 0.1) is 11.8 Å². The van der Waals surface area contributed by atoms with E-state index in [0.717, 1.165) is 17.7 Å². The van der Waals surface area contributed by atoms with Gasteiger partial charge in [0.25, 0.3) is 0 Å².